The number of hydrogen-bond donors (Lipinski definition) is 3. The molecular formula is C19H19F2N3O2. The summed E-state index contributed by atoms with van der Waals surface area (Å²) < 4.78 is 33.2. The highest BCUT2D eigenvalue weighted by molar-refractivity contribution is 6.31. The van der Waals surface area contributed by atoms with Gasteiger partial charge in [-0.25, -0.2) is 8.78 Å². The zero-order valence-electron chi connectivity index (χ0n) is 14.4. The molecule has 5 nitrogen and oxygen atoms in total. The molecule has 0 fully saturated rings. The van der Waals surface area contributed by atoms with E-state index in [2.05, 4.69) is 16.0 Å². The molecule has 1 aliphatic rings. The van der Waals surface area contributed by atoms with Gasteiger partial charge in [-0.15, -0.1) is 0 Å². The maximum Gasteiger partial charge on any atom is 0.257 e. The standard InChI is InChI=1S/C19H19F2N3O2/c1-11(10-26-2)23-16-7-6-12(8-15(16)21)22-9-13-18-14(20)4-3-5-17(18)24-19(13)25/h3-9,11,22-23H,10H2,1-2H3,(H,24,25)/b13-9+. The molecule has 0 aliphatic carbocycles. The minimum Gasteiger partial charge on any atom is -0.383 e. The van der Waals surface area contributed by atoms with E-state index in [-0.39, 0.29) is 17.2 Å². The van der Waals surface area contributed by atoms with Crippen molar-refractivity contribution in [3.8, 4) is 0 Å². The van der Waals surface area contributed by atoms with Gasteiger partial charge in [-0.05, 0) is 37.3 Å². The van der Waals surface area contributed by atoms with Crippen molar-refractivity contribution >= 4 is 28.5 Å². The molecule has 0 radical (unpaired) electrons. The van der Waals surface area contributed by atoms with E-state index in [0.29, 0.717) is 23.7 Å². The van der Waals surface area contributed by atoms with Gasteiger partial charge in [-0.3, -0.25) is 4.79 Å². The van der Waals surface area contributed by atoms with E-state index >= 15 is 0 Å². The van der Waals surface area contributed by atoms with E-state index in [9.17, 15) is 13.6 Å². The highest BCUT2D eigenvalue weighted by atomic mass is 19.1. The van der Waals surface area contributed by atoms with Crippen LogP contribution in [-0.4, -0.2) is 25.7 Å². The first-order chi connectivity index (χ1) is 12.5. The van der Waals surface area contributed by atoms with Gasteiger partial charge in [0.2, 0.25) is 0 Å². The van der Waals surface area contributed by atoms with Crippen LogP contribution in [0, 0.1) is 11.6 Å². The minimum absolute atomic E-state index is 0.0444. The Morgan fingerprint density at radius 2 is 2.04 bits per heavy atom. The molecule has 26 heavy (non-hydrogen) atoms. The molecule has 3 N–H and O–H groups in total. The molecule has 0 saturated heterocycles. The lowest BCUT2D eigenvalue weighted by Gasteiger charge is -2.15. The van der Waals surface area contributed by atoms with Crippen LogP contribution in [0.25, 0.3) is 5.57 Å². The van der Waals surface area contributed by atoms with E-state index in [1.807, 2.05) is 6.92 Å². The number of hydrogen-bond acceptors (Lipinski definition) is 4. The number of methoxy groups -OCH3 is 1. The third-order valence-corrected chi connectivity index (χ3v) is 3.95. The predicted molar refractivity (Wildman–Crippen MR) is 98.0 cm³/mol. The van der Waals surface area contributed by atoms with Crippen LogP contribution in [0.15, 0.2) is 42.6 Å². The summed E-state index contributed by atoms with van der Waals surface area (Å²) in [4.78, 5) is 12.0. The first-order valence-corrected chi connectivity index (χ1v) is 8.11. The molecule has 0 aromatic heterocycles. The molecule has 0 spiro atoms. The summed E-state index contributed by atoms with van der Waals surface area (Å²) in [5, 5.41) is 8.45. The average Bonchev–Trinajstić information content (AvgIpc) is 2.92. The molecule has 7 heteroatoms. The van der Waals surface area contributed by atoms with Gasteiger partial charge in [0.05, 0.1) is 23.6 Å². The third-order valence-electron chi connectivity index (χ3n) is 3.95. The molecule has 2 aromatic carbocycles. The molecule has 136 valence electrons. The molecule has 0 saturated carbocycles. The van der Waals surface area contributed by atoms with E-state index in [1.54, 1.807) is 25.3 Å². The Labute approximate surface area is 150 Å². The largest absolute Gasteiger partial charge is 0.383 e. The lowest BCUT2D eigenvalue weighted by Crippen LogP contribution is -2.21. The summed E-state index contributed by atoms with van der Waals surface area (Å²) in [5.41, 5.74) is 1.58. The number of nitrogens with one attached hydrogen (secondary N) is 3. The molecule has 1 heterocycles. The Bertz CT molecular complexity index is 868. The Kier molecular flexibility index (Phi) is 5.18. The summed E-state index contributed by atoms with van der Waals surface area (Å²) in [6, 6.07) is 8.94. The maximum absolute atomic E-state index is 14.2. The Morgan fingerprint density at radius 1 is 1.23 bits per heavy atom. The van der Waals surface area contributed by atoms with Crippen molar-refractivity contribution in [1.82, 2.24) is 0 Å². The number of fused-ring (bicyclic) bond motifs is 1. The smallest absolute Gasteiger partial charge is 0.257 e. The number of anilines is 3. The van der Waals surface area contributed by atoms with Gasteiger partial charge < -0.3 is 20.7 Å². The van der Waals surface area contributed by atoms with E-state index in [1.165, 1.54) is 24.4 Å². The monoisotopic (exact) mass is 359 g/mol. The second-order valence-electron chi connectivity index (χ2n) is 6.01. The highest BCUT2D eigenvalue weighted by Crippen LogP contribution is 2.33. The zero-order valence-corrected chi connectivity index (χ0v) is 14.4. The predicted octanol–water partition coefficient (Wildman–Crippen LogP) is 3.82. The number of carbonyl (C=O) groups excluding carboxylic acids is 1. The third kappa shape index (κ3) is 3.67. The number of amides is 1. The number of ether oxygens (including phenoxy) is 1. The normalized spacial score (nSPS) is 15.5. The Hall–Kier alpha value is -2.93. The van der Waals surface area contributed by atoms with Gasteiger partial charge in [-0.1, -0.05) is 6.07 Å². The van der Waals surface area contributed by atoms with Crippen LogP contribution in [0.3, 0.4) is 0 Å². The summed E-state index contributed by atoms with van der Waals surface area (Å²) in [5.74, 6) is -1.35. The van der Waals surface area contributed by atoms with Crippen LogP contribution < -0.4 is 16.0 Å². The second kappa shape index (κ2) is 7.53. The molecule has 1 atom stereocenters. The van der Waals surface area contributed by atoms with Crippen molar-refractivity contribution in [2.24, 2.45) is 0 Å². The maximum atomic E-state index is 14.2. The van der Waals surface area contributed by atoms with Crippen molar-refractivity contribution < 1.29 is 18.3 Å². The van der Waals surface area contributed by atoms with Crippen molar-refractivity contribution in [2.45, 2.75) is 13.0 Å². The van der Waals surface area contributed by atoms with Crippen molar-refractivity contribution in [3.05, 3.63) is 59.8 Å². The minimum atomic E-state index is -0.494. The molecular weight excluding hydrogens is 340 g/mol. The van der Waals surface area contributed by atoms with Crippen LogP contribution >= 0.6 is 0 Å². The number of benzene rings is 2. The van der Waals surface area contributed by atoms with Gasteiger partial charge in [0, 0.05) is 30.6 Å². The highest BCUT2D eigenvalue weighted by Gasteiger charge is 2.27. The van der Waals surface area contributed by atoms with Crippen LogP contribution in [0.2, 0.25) is 0 Å². The van der Waals surface area contributed by atoms with Crippen LogP contribution in [0.4, 0.5) is 25.8 Å². The SMILES string of the molecule is COCC(C)Nc1ccc(N/C=C2/C(=O)Nc3cccc(F)c32)cc1F. The summed E-state index contributed by atoms with van der Waals surface area (Å²) in [7, 11) is 1.58. The Balaban J connectivity index is 1.77. The summed E-state index contributed by atoms with van der Waals surface area (Å²) in [6.45, 7) is 2.33. The first kappa shape index (κ1) is 17.9. The van der Waals surface area contributed by atoms with Crippen LogP contribution in [-0.2, 0) is 9.53 Å². The Morgan fingerprint density at radius 3 is 2.77 bits per heavy atom. The van der Waals surface area contributed by atoms with Crippen LogP contribution in [0.1, 0.15) is 12.5 Å². The van der Waals surface area contributed by atoms with Gasteiger partial charge >= 0.3 is 0 Å². The fourth-order valence-electron chi connectivity index (χ4n) is 2.78. The van der Waals surface area contributed by atoms with Crippen molar-refractivity contribution in [2.75, 3.05) is 29.7 Å². The van der Waals surface area contributed by atoms with Gasteiger partial charge in [-0.2, -0.15) is 0 Å². The number of halogens is 2. The van der Waals surface area contributed by atoms with Crippen molar-refractivity contribution in [3.63, 3.8) is 0 Å². The topological polar surface area (TPSA) is 62.4 Å². The quantitative estimate of drug-likeness (QED) is 0.686. The summed E-state index contributed by atoms with van der Waals surface area (Å²) in [6.07, 6.45) is 1.37. The second-order valence-corrected chi connectivity index (χ2v) is 6.01. The molecule has 1 aliphatic heterocycles. The fraction of sp³-hybridized carbons (Fsp3) is 0.211. The molecule has 3 rings (SSSR count). The van der Waals surface area contributed by atoms with Crippen LogP contribution in [0.5, 0.6) is 0 Å². The molecule has 1 unspecified atom stereocenters. The first-order valence-electron chi connectivity index (χ1n) is 8.11. The molecule has 0 bridgehead atoms. The lowest BCUT2D eigenvalue weighted by atomic mass is 10.1. The summed E-state index contributed by atoms with van der Waals surface area (Å²) >= 11 is 0. The number of rotatable bonds is 6. The zero-order chi connectivity index (χ0) is 18.7. The van der Waals surface area contributed by atoms with E-state index < -0.39 is 17.5 Å². The molecule has 2 aromatic rings. The fourth-order valence-corrected chi connectivity index (χ4v) is 2.78. The van der Waals surface area contributed by atoms with E-state index in [0.717, 1.165) is 0 Å². The molecule has 1 amide bonds. The van der Waals surface area contributed by atoms with Gasteiger partial charge in [0.25, 0.3) is 5.91 Å². The average molecular weight is 359 g/mol. The van der Waals surface area contributed by atoms with E-state index in [4.69, 9.17) is 4.74 Å². The lowest BCUT2D eigenvalue weighted by molar-refractivity contribution is -0.110. The van der Waals surface area contributed by atoms with Crippen molar-refractivity contribution in [1.29, 1.82) is 0 Å². The van der Waals surface area contributed by atoms with Gasteiger partial charge in [0.1, 0.15) is 11.6 Å². The number of carbonyl (C=O) groups is 1. The van der Waals surface area contributed by atoms with Gasteiger partial charge in [0.15, 0.2) is 0 Å².